The molecular weight excluding hydrogens is 356 g/mol. The molecule has 2 saturated heterocycles. The van der Waals surface area contributed by atoms with Gasteiger partial charge >= 0.3 is 6.09 Å². The number of carbonyl (C=O) groups is 2. The van der Waals surface area contributed by atoms with Crippen molar-refractivity contribution in [2.75, 3.05) is 26.8 Å². The summed E-state index contributed by atoms with van der Waals surface area (Å²) in [5.74, 6) is 1.88. The highest BCUT2D eigenvalue weighted by Gasteiger charge is 2.54. The van der Waals surface area contributed by atoms with Crippen molar-refractivity contribution in [1.82, 2.24) is 10.2 Å². The van der Waals surface area contributed by atoms with Crippen molar-refractivity contribution in [3.63, 3.8) is 0 Å². The Balaban J connectivity index is 1.13. The standard InChI is InChI=1S/C22H28N2O4/c1-27-18-5-3-2-4-17(18)15-10-21(11-15)6-8-24(9-7-21)19(25)16-12-22(13-16)14-28-20(26)23-22/h2-5,15-16H,6-14H2,1H3,(H,23,26). The van der Waals surface area contributed by atoms with E-state index in [1.165, 1.54) is 18.4 Å². The number of cyclic esters (lactones) is 1. The Kier molecular flexibility index (Phi) is 4.07. The van der Waals surface area contributed by atoms with Crippen LogP contribution in [0.4, 0.5) is 4.79 Å². The fraction of sp³-hybridized carbons (Fsp3) is 0.636. The Morgan fingerprint density at radius 2 is 1.89 bits per heavy atom. The van der Waals surface area contributed by atoms with Crippen LogP contribution in [-0.4, -0.2) is 49.2 Å². The predicted molar refractivity (Wildman–Crippen MR) is 103 cm³/mol. The second-order valence-corrected chi connectivity index (χ2v) is 9.26. The first kappa shape index (κ1) is 17.8. The zero-order chi connectivity index (χ0) is 19.4. The molecule has 0 unspecified atom stereocenters. The molecule has 4 fully saturated rings. The van der Waals surface area contributed by atoms with Crippen molar-refractivity contribution in [1.29, 1.82) is 0 Å². The summed E-state index contributed by atoms with van der Waals surface area (Å²) in [4.78, 5) is 26.2. The molecule has 2 aliphatic carbocycles. The smallest absolute Gasteiger partial charge is 0.407 e. The molecule has 1 aromatic carbocycles. The Bertz CT molecular complexity index is 785. The first-order chi connectivity index (χ1) is 13.5. The molecule has 5 rings (SSSR count). The summed E-state index contributed by atoms with van der Waals surface area (Å²) in [5.41, 5.74) is 1.45. The van der Waals surface area contributed by atoms with E-state index in [1.54, 1.807) is 7.11 Å². The number of methoxy groups -OCH3 is 1. The third-order valence-corrected chi connectivity index (χ3v) is 7.54. The summed E-state index contributed by atoms with van der Waals surface area (Å²) in [5, 5.41) is 2.87. The van der Waals surface area contributed by atoms with Gasteiger partial charge in [0.15, 0.2) is 0 Å². The van der Waals surface area contributed by atoms with Crippen molar-refractivity contribution < 1.29 is 19.1 Å². The van der Waals surface area contributed by atoms with Crippen molar-refractivity contribution in [3.05, 3.63) is 29.8 Å². The van der Waals surface area contributed by atoms with E-state index >= 15 is 0 Å². The maximum atomic E-state index is 12.8. The minimum atomic E-state index is -0.347. The SMILES string of the molecule is COc1ccccc1C1CC2(CCN(C(=O)C3CC4(COC(=O)N4)C3)CC2)C1. The number of carbonyl (C=O) groups excluding carboxylic acids is 2. The molecular formula is C22H28N2O4. The number of nitrogens with one attached hydrogen (secondary N) is 1. The van der Waals surface area contributed by atoms with E-state index < -0.39 is 0 Å². The highest BCUT2D eigenvalue weighted by atomic mass is 16.6. The van der Waals surface area contributed by atoms with E-state index in [0.717, 1.165) is 44.5 Å². The number of likely N-dealkylation sites (tertiary alicyclic amines) is 1. The van der Waals surface area contributed by atoms with Gasteiger partial charge in [-0.15, -0.1) is 0 Å². The number of benzene rings is 1. The summed E-state index contributed by atoms with van der Waals surface area (Å²) in [7, 11) is 1.74. The molecule has 2 amide bonds. The van der Waals surface area contributed by atoms with Gasteiger partial charge in [-0.25, -0.2) is 4.79 Å². The van der Waals surface area contributed by atoms with Gasteiger partial charge in [0.1, 0.15) is 12.4 Å². The lowest BCUT2D eigenvalue weighted by atomic mass is 9.56. The molecule has 6 heteroatoms. The summed E-state index contributed by atoms with van der Waals surface area (Å²) in [6.07, 6.45) is 5.69. The van der Waals surface area contributed by atoms with Gasteiger partial charge in [-0.05, 0) is 61.5 Å². The zero-order valence-electron chi connectivity index (χ0n) is 16.4. The van der Waals surface area contributed by atoms with Gasteiger partial charge in [-0.1, -0.05) is 18.2 Å². The molecule has 0 atom stereocenters. The summed E-state index contributed by atoms with van der Waals surface area (Å²) >= 11 is 0. The third-order valence-electron chi connectivity index (χ3n) is 7.54. The quantitative estimate of drug-likeness (QED) is 0.870. The summed E-state index contributed by atoms with van der Waals surface area (Å²) in [6, 6.07) is 8.35. The van der Waals surface area contributed by atoms with Gasteiger partial charge in [0.25, 0.3) is 0 Å². The van der Waals surface area contributed by atoms with Gasteiger partial charge < -0.3 is 19.7 Å². The van der Waals surface area contributed by atoms with Crippen LogP contribution in [0.25, 0.3) is 0 Å². The van der Waals surface area contributed by atoms with E-state index in [0.29, 0.717) is 17.9 Å². The van der Waals surface area contributed by atoms with Crippen LogP contribution in [0.3, 0.4) is 0 Å². The predicted octanol–water partition coefficient (Wildman–Crippen LogP) is 3.07. The van der Waals surface area contributed by atoms with Gasteiger partial charge in [0, 0.05) is 19.0 Å². The third kappa shape index (κ3) is 2.85. The Labute approximate surface area is 165 Å². The van der Waals surface area contributed by atoms with E-state index in [9.17, 15) is 9.59 Å². The number of hydrogen-bond donors (Lipinski definition) is 1. The molecule has 2 saturated carbocycles. The number of piperidine rings is 1. The van der Waals surface area contributed by atoms with E-state index in [1.807, 2.05) is 12.1 Å². The average molecular weight is 384 g/mol. The number of hydrogen-bond acceptors (Lipinski definition) is 4. The molecule has 150 valence electrons. The molecule has 2 heterocycles. The van der Waals surface area contributed by atoms with Crippen LogP contribution in [0.15, 0.2) is 24.3 Å². The lowest BCUT2D eigenvalue weighted by molar-refractivity contribution is -0.144. The minimum Gasteiger partial charge on any atom is -0.496 e. The number of amides is 2. The van der Waals surface area contributed by atoms with Gasteiger partial charge in [0.2, 0.25) is 5.91 Å². The zero-order valence-corrected chi connectivity index (χ0v) is 16.4. The van der Waals surface area contributed by atoms with Gasteiger partial charge in [-0.3, -0.25) is 4.79 Å². The Morgan fingerprint density at radius 1 is 1.18 bits per heavy atom. The maximum absolute atomic E-state index is 12.8. The first-order valence-corrected chi connectivity index (χ1v) is 10.4. The maximum Gasteiger partial charge on any atom is 0.407 e. The Morgan fingerprint density at radius 3 is 2.54 bits per heavy atom. The molecule has 6 nitrogen and oxygen atoms in total. The largest absolute Gasteiger partial charge is 0.496 e. The highest BCUT2D eigenvalue weighted by molar-refractivity contribution is 5.81. The molecule has 2 spiro atoms. The second-order valence-electron chi connectivity index (χ2n) is 9.26. The molecule has 28 heavy (non-hydrogen) atoms. The topological polar surface area (TPSA) is 67.9 Å². The summed E-state index contributed by atoms with van der Waals surface area (Å²) < 4.78 is 10.5. The fourth-order valence-electron chi connectivity index (χ4n) is 5.85. The first-order valence-electron chi connectivity index (χ1n) is 10.4. The molecule has 2 aliphatic heterocycles. The number of rotatable bonds is 3. The fourth-order valence-corrected chi connectivity index (χ4v) is 5.85. The molecule has 1 N–H and O–H groups in total. The number of nitrogens with zero attached hydrogens (tertiary/aromatic N) is 1. The van der Waals surface area contributed by atoms with Crippen molar-refractivity contribution in [2.24, 2.45) is 11.3 Å². The highest BCUT2D eigenvalue weighted by Crippen LogP contribution is 2.58. The van der Waals surface area contributed by atoms with Crippen LogP contribution in [0.5, 0.6) is 5.75 Å². The lowest BCUT2D eigenvalue weighted by Gasteiger charge is -2.53. The van der Waals surface area contributed by atoms with Gasteiger partial charge in [-0.2, -0.15) is 0 Å². The van der Waals surface area contributed by atoms with Crippen molar-refractivity contribution in [2.45, 2.75) is 50.0 Å². The van der Waals surface area contributed by atoms with Crippen LogP contribution >= 0.6 is 0 Å². The molecule has 0 radical (unpaired) electrons. The van der Waals surface area contributed by atoms with Gasteiger partial charge in [0.05, 0.1) is 12.6 Å². The minimum absolute atomic E-state index is 0.0405. The van der Waals surface area contributed by atoms with E-state index in [2.05, 4.69) is 22.3 Å². The monoisotopic (exact) mass is 384 g/mol. The summed E-state index contributed by atoms with van der Waals surface area (Å²) in [6.45, 7) is 2.14. The molecule has 1 aromatic rings. The lowest BCUT2D eigenvalue weighted by Crippen LogP contribution is -2.59. The Hall–Kier alpha value is -2.24. The van der Waals surface area contributed by atoms with Crippen molar-refractivity contribution >= 4 is 12.0 Å². The van der Waals surface area contributed by atoms with E-state index in [4.69, 9.17) is 9.47 Å². The normalized spacial score (nSPS) is 27.7. The van der Waals surface area contributed by atoms with Crippen LogP contribution < -0.4 is 10.1 Å². The second kappa shape index (κ2) is 6.39. The number of para-hydroxylation sites is 1. The number of ether oxygens (including phenoxy) is 2. The molecule has 0 aromatic heterocycles. The van der Waals surface area contributed by atoms with Crippen LogP contribution in [-0.2, 0) is 9.53 Å². The molecule has 0 bridgehead atoms. The average Bonchev–Trinajstić information content (AvgIpc) is 3.07. The van der Waals surface area contributed by atoms with Crippen molar-refractivity contribution in [3.8, 4) is 5.75 Å². The van der Waals surface area contributed by atoms with E-state index in [-0.39, 0.29) is 23.5 Å². The van der Waals surface area contributed by atoms with Crippen LogP contribution in [0.2, 0.25) is 0 Å². The van der Waals surface area contributed by atoms with Crippen LogP contribution in [0.1, 0.15) is 50.0 Å². The van der Waals surface area contributed by atoms with Crippen LogP contribution in [0, 0.1) is 11.3 Å². The number of alkyl carbamates (subject to hydrolysis) is 1. The molecule has 4 aliphatic rings.